The Balaban J connectivity index is 1.20. The van der Waals surface area contributed by atoms with E-state index < -0.39 is 0 Å². The van der Waals surface area contributed by atoms with Crippen LogP contribution in [0.5, 0.6) is 0 Å². The number of carbonyl (C=O) groups excluding carboxylic acids is 1. The summed E-state index contributed by atoms with van der Waals surface area (Å²) < 4.78 is 2.16. The third kappa shape index (κ3) is 3.98. The number of aromatic nitrogens is 2. The van der Waals surface area contributed by atoms with E-state index in [1.807, 2.05) is 29.2 Å². The fraction of sp³-hybridized carbons (Fsp3) is 0.542. The van der Waals surface area contributed by atoms with Crippen molar-refractivity contribution >= 4 is 5.91 Å². The lowest BCUT2D eigenvalue weighted by atomic mass is 9.91. The van der Waals surface area contributed by atoms with Crippen LogP contribution in [0.1, 0.15) is 36.2 Å². The lowest BCUT2D eigenvalue weighted by Crippen LogP contribution is -2.55. The van der Waals surface area contributed by atoms with E-state index in [4.69, 9.17) is 10.2 Å². The Bertz CT molecular complexity index is 992. The van der Waals surface area contributed by atoms with Gasteiger partial charge in [-0.15, -0.1) is 0 Å². The molecule has 1 aromatic heterocycles. The molecule has 7 heteroatoms. The van der Waals surface area contributed by atoms with Gasteiger partial charge in [-0.2, -0.15) is 5.26 Å². The fourth-order valence-corrected chi connectivity index (χ4v) is 5.05. The lowest BCUT2D eigenvalue weighted by molar-refractivity contribution is -0.135. The molecule has 31 heavy (non-hydrogen) atoms. The largest absolute Gasteiger partial charge is 0.339 e. The first-order valence-corrected chi connectivity index (χ1v) is 11.4. The highest BCUT2D eigenvalue weighted by molar-refractivity contribution is 5.78. The Morgan fingerprint density at radius 2 is 1.87 bits per heavy atom. The molecule has 2 aromatic rings. The quantitative estimate of drug-likeness (QED) is 0.760. The average Bonchev–Trinajstić information content (AvgIpc) is 3.09. The van der Waals surface area contributed by atoms with Crippen LogP contribution in [0.2, 0.25) is 0 Å². The van der Waals surface area contributed by atoms with Gasteiger partial charge in [-0.1, -0.05) is 6.42 Å². The molecule has 0 bridgehead atoms. The number of rotatable bonds is 4. The summed E-state index contributed by atoms with van der Waals surface area (Å²) >= 11 is 0. The van der Waals surface area contributed by atoms with Crippen molar-refractivity contribution in [1.29, 1.82) is 5.26 Å². The summed E-state index contributed by atoms with van der Waals surface area (Å²) in [6, 6.07) is 10.5. The van der Waals surface area contributed by atoms with Crippen LogP contribution in [0.25, 0.3) is 11.4 Å². The number of imidazole rings is 1. The molecule has 0 spiro atoms. The van der Waals surface area contributed by atoms with E-state index in [1.54, 1.807) is 0 Å². The van der Waals surface area contributed by atoms with Gasteiger partial charge in [0.25, 0.3) is 0 Å². The summed E-state index contributed by atoms with van der Waals surface area (Å²) in [5.41, 5.74) is 3.98. The summed E-state index contributed by atoms with van der Waals surface area (Å²) in [5, 5.41) is 9.02. The highest BCUT2D eigenvalue weighted by atomic mass is 16.2. The molecule has 7 nitrogen and oxygen atoms in total. The number of nitrogens with zero attached hydrogens (tertiary/aromatic N) is 6. The Hall–Kier alpha value is -2.69. The van der Waals surface area contributed by atoms with Gasteiger partial charge in [0.2, 0.25) is 5.91 Å². The summed E-state index contributed by atoms with van der Waals surface area (Å²) in [5.74, 6) is 1.18. The summed E-state index contributed by atoms with van der Waals surface area (Å²) in [6.45, 7) is 5.84. The maximum absolute atomic E-state index is 12.9. The highest BCUT2D eigenvalue weighted by Gasteiger charge is 2.31. The molecule has 2 fully saturated rings. The molecule has 0 atom stereocenters. The van der Waals surface area contributed by atoms with Crippen molar-refractivity contribution in [3.63, 3.8) is 0 Å². The minimum atomic E-state index is 0.250. The Labute approximate surface area is 183 Å². The van der Waals surface area contributed by atoms with E-state index in [2.05, 4.69) is 27.5 Å². The van der Waals surface area contributed by atoms with E-state index in [1.165, 1.54) is 25.0 Å². The third-order valence-corrected chi connectivity index (χ3v) is 7.22. The predicted octanol–water partition coefficient (Wildman–Crippen LogP) is 2.01. The Morgan fingerprint density at radius 3 is 2.52 bits per heavy atom. The number of hydrogen-bond acceptors (Lipinski definition) is 5. The molecule has 0 radical (unpaired) electrons. The third-order valence-electron chi connectivity index (χ3n) is 7.22. The molecule has 1 saturated heterocycles. The van der Waals surface area contributed by atoms with Crippen LogP contribution in [-0.2, 0) is 24.8 Å². The lowest BCUT2D eigenvalue weighted by Gasteiger charge is -2.43. The van der Waals surface area contributed by atoms with Crippen molar-refractivity contribution in [1.82, 2.24) is 24.3 Å². The van der Waals surface area contributed by atoms with Crippen LogP contribution >= 0.6 is 0 Å². The molecule has 5 rings (SSSR count). The second-order valence-electron chi connectivity index (χ2n) is 9.04. The monoisotopic (exact) mass is 418 g/mol. The first-order valence-electron chi connectivity index (χ1n) is 11.4. The molecule has 0 unspecified atom stereocenters. The van der Waals surface area contributed by atoms with Crippen LogP contribution in [0.3, 0.4) is 0 Å². The molecule has 3 aliphatic rings. The zero-order valence-corrected chi connectivity index (χ0v) is 18.3. The summed E-state index contributed by atoms with van der Waals surface area (Å²) in [4.78, 5) is 24.7. The molecule has 1 saturated carbocycles. The number of amides is 1. The van der Waals surface area contributed by atoms with E-state index >= 15 is 0 Å². The molecule has 3 heterocycles. The van der Waals surface area contributed by atoms with Crippen molar-refractivity contribution < 1.29 is 4.79 Å². The van der Waals surface area contributed by atoms with Gasteiger partial charge < -0.3 is 9.47 Å². The van der Waals surface area contributed by atoms with Crippen LogP contribution < -0.4 is 0 Å². The van der Waals surface area contributed by atoms with Gasteiger partial charge in [0.15, 0.2) is 0 Å². The van der Waals surface area contributed by atoms with E-state index in [9.17, 15) is 4.79 Å². The van der Waals surface area contributed by atoms with E-state index in [0.29, 0.717) is 18.7 Å². The molecule has 162 valence electrons. The number of fused-ring (bicyclic) bond motifs is 1. The Morgan fingerprint density at radius 1 is 1.13 bits per heavy atom. The second kappa shape index (κ2) is 8.45. The summed E-state index contributed by atoms with van der Waals surface area (Å²) in [6.07, 6.45) is 4.93. The van der Waals surface area contributed by atoms with E-state index in [-0.39, 0.29) is 5.91 Å². The van der Waals surface area contributed by atoms with Crippen molar-refractivity contribution in [2.75, 3.05) is 39.3 Å². The normalized spacial score (nSPS) is 20.2. The summed E-state index contributed by atoms with van der Waals surface area (Å²) in [7, 11) is 2.06. The number of carbonyl (C=O) groups is 1. The number of piperazine rings is 1. The van der Waals surface area contributed by atoms with Gasteiger partial charge in [0, 0.05) is 70.0 Å². The average molecular weight is 419 g/mol. The van der Waals surface area contributed by atoms with Gasteiger partial charge in [0.1, 0.15) is 5.82 Å². The molecule has 1 aliphatic carbocycles. The van der Waals surface area contributed by atoms with Gasteiger partial charge in [-0.3, -0.25) is 14.6 Å². The van der Waals surface area contributed by atoms with Gasteiger partial charge in [0.05, 0.1) is 23.9 Å². The smallest absolute Gasteiger partial charge is 0.236 e. The van der Waals surface area contributed by atoms with Crippen molar-refractivity contribution in [3.05, 3.63) is 41.2 Å². The van der Waals surface area contributed by atoms with Crippen LogP contribution in [0, 0.1) is 11.3 Å². The fourth-order valence-electron chi connectivity index (χ4n) is 5.05. The topological polar surface area (TPSA) is 68.4 Å². The maximum atomic E-state index is 12.9. The minimum Gasteiger partial charge on any atom is -0.339 e. The standard InChI is InChI=1S/C24H30N6O/c1-27-22-9-10-28(16-21(22)26-24(27)19-7-5-18(15-25)6-8-19)17-23(31)30-13-11-29(12-14-30)20-3-2-4-20/h5-8,20H,2-4,9-14,16-17H2,1H3. The van der Waals surface area contributed by atoms with Crippen LogP contribution in [-0.4, -0.2) is 75.5 Å². The molecular weight excluding hydrogens is 388 g/mol. The molecule has 1 aromatic carbocycles. The number of hydrogen-bond donors (Lipinski definition) is 0. The maximum Gasteiger partial charge on any atom is 0.236 e. The first-order chi connectivity index (χ1) is 15.1. The minimum absolute atomic E-state index is 0.250. The number of benzene rings is 1. The van der Waals surface area contributed by atoms with Crippen molar-refractivity contribution in [2.24, 2.45) is 7.05 Å². The Kier molecular flexibility index (Phi) is 5.51. The highest BCUT2D eigenvalue weighted by Crippen LogP contribution is 2.27. The van der Waals surface area contributed by atoms with Crippen molar-refractivity contribution in [3.8, 4) is 17.5 Å². The van der Waals surface area contributed by atoms with Crippen LogP contribution in [0.4, 0.5) is 0 Å². The van der Waals surface area contributed by atoms with Gasteiger partial charge in [-0.05, 0) is 37.1 Å². The van der Waals surface area contributed by atoms with E-state index in [0.717, 1.165) is 62.3 Å². The molecule has 0 N–H and O–H groups in total. The molecule has 1 amide bonds. The zero-order chi connectivity index (χ0) is 21.4. The number of nitriles is 1. The predicted molar refractivity (Wildman–Crippen MR) is 118 cm³/mol. The van der Waals surface area contributed by atoms with Gasteiger partial charge >= 0.3 is 0 Å². The van der Waals surface area contributed by atoms with Crippen LogP contribution in [0.15, 0.2) is 24.3 Å². The first kappa shape index (κ1) is 20.2. The molecular formula is C24H30N6O. The molecule has 2 aliphatic heterocycles. The van der Waals surface area contributed by atoms with Crippen molar-refractivity contribution in [2.45, 2.75) is 38.3 Å². The van der Waals surface area contributed by atoms with Gasteiger partial charge in [-0.25, -0.2) is 4.98 Å². The zero-order valence-electron chi connectivity index (χ0n) is 18.3. The SMILES string of the molecule is Cn1c(-c2ccc(C#N)cc2)nc2c1CCN(CC(=O)N1CCN(C3CCC3)CC1)C2. The second-order valence-corrected chi connectivity index (χ2v) is 9.04.